The van der Waals surface area contributed by atoms with Crippen molar-refractivity contribution in [1.29, 1.82) is 0 Å². The van der Waals surface area contributed by atoms with Crippen molar-refractivity contribution in [1.82, 2.24) is 0 Å². The van der Waals surface area contributed by atoms with Crippen LogP contribution in [0.4, 0.5) is 0 Å². The van der Waals surface area contributed by atoms with Crippen molar-refractivity contribution >= 4 is 15.9 Å². The highest BCUT2D eigenvalue weighted by Crippen LogP contribution is 1.86. The van der Waals surface area contributed by atoms with Gasteiger partial charge in [0.2, 0.25) is 0 Å². The minimum Gasteiger partial charge on any atom is -0.298 e. The largest absolute Gasteiger partial charge is 0.298 e. The molecule has 9 heavy (non-hydrogen) atoms. The third-order valence-corrected chi connectivity index (χ3v) is 1.42. The molecule has 5 heteroatoms. The first-order valence-corrected chi connectivity index (χ1v) is 4.03. The summed E-state index contributed by atoms with van der Waals surface area (Å²) < 4.78 is 27.9. The normalized spacial score (nSPS) is 11.3. The van der Waals surface area contributed by atoms with Crippen LogP contribution in [0.5, 0.6) is 0 Å². The highest BCUT2D eigenvalue weighted by Gasteiger charge is 2.09. The zero-order valence-corrected chi connectivity index (χ0v) is 5.81. The zero-order chi connectivity index (χ0) is 7.49. The molecule has 0 radical (unpaired) electrons. The van der Waals surface area contributed by atoms with Gasteiger partial charge in [-0.25, -0.2) is 0 Å². The first-order chi connectivity index (χ1) is 3.95. The zero-order valence-electron chi connectivity index (χ0n) is 4.99. The number of carbonyl (C=O) groups is 1. The third kappa shape index (κ3) is 5.45. The van der Waals surface area contributed by atoms with Gasteiger partial charge in [-0.1, -0.05) is 6.92 Å². The number of carbonyl (C=O) groups excluding carboxylic acids is 1. The molecule has 4 nitrogen and oxygen atoms in total. The fourth-order valence-corrected chi connectivity index (χ4v) is 0.917. The number of rotatable bonds is 3. The first-order valence-electron chi connectivity index (χ1n) is 2.42. The Labute approximate surface area is 53.6 Å². The van der Waals surface area contributed by atoms with E-state index in [4.69, 9.17) is 4.55 Å². The molecule has 0 aromatic rings. The highest BCUT2D eigenvalue weighted by molar-refractivity contribution is 7.86. The Morgan fingerprint density at radius 2 is 2.00 bits per heavy atom. The molecule has 0 atom stereocenters. The summed E-state index contributed by atoms with van der Waals surface area (Å²) in [5.41, 5.74) is 0. The van der Waals surface area contributed by atoms with Crippen molar-refractivity contribution in [3.05, 3.63) is 0 Å². The van der Waals surface area contributed by atoms with Gasteiger partial charge in [0.1, 0.15) is 11.5 Å². The number of ketones is 1. The van der Waals surface area contributed by atoms with E-state index in [1.807, 2.05) is 0 Å². The van der Waals surface area contributed by atoms with E-state index in [-0.39, 0.29) is 6.42 Å². The maximum absolute atomic E-state index is 10.3. The standard InChI is InChI=1S/C4H8O4S/c1-2-4(5)3-9(6,7)8/h2-3H2,1H3,(H,6,7,8). The number of Topliss-reactive ketones (excluding diaryl/α,β-unsaturated/α-hetero) is 1. The van der Waals surface area contributed by atoms with Crippen LogP contribution in [-0.2, 0) is 14.9 Å². The van der Waals surface area contributed by atoms with Crippen LogP contribution < -0.4 is 0 Å². The molecule has 0 aliphatic carbocycles. The molecule has 0 spiro atoms. The Bertz CT molecular complexity index is 191. The van der Waals surface area contributed by atoms with Gasteiger partial charge in [-0.2, -0.15) is 8.42 Å². The second kappa shape index (κ2) is 2.93. The summed E-state index contributed by atoms with van der Waals surface area (Å²) in [5, 5.41) is 0. The Balaban J connectivity index is 3.91. The molecule has 1 N–H and O–H groups in total. The smallest absolute Gasteiger partial charge is 0.272 e. The molecule has 0 saturated carbocycles. The molecular formula is C4H8O4S. The molecule has 0 aromatic carbocycles. The Kier molecular flexibility index (Phi) is 2.80. The summed E-state index contributed by atoms with van der Waals surface area (Å²) >= 11 is 0. The van der Waals surface area contributed by atoms with E-state index < -0.39 is 21.7 Å². The Morgan fingerprint density at radius 1 is 1.56 bits per heavy atom. The molecule has 0 saturated heterocycles. The fraction of sp³-hybridized carbons (Fsp3) is 0.750. The van der Waals surface area contributed by atoms with E-state index in [0.717, 1.165) is 0 Å². The Morgan fingerprint density at radius 3 is 2.11 bits per heavy atom. The van der Waals surface area contributed by atoms with Gasteiger partial charge in [0.15, 0.2) is 0 Å². The molecule has 0 amide bonds. The molecule has 0 aliphatic heterocycles. The lowest BCUT2D eigenvalue weighted by molar-refractivity contribution is -0.116. The van der Waals surface area contributed by atoms with Gasteiger partial charge < -0.3 is 0 Å². The SMILES string of the molecule is CCC(=O)CS(=O)(=O)O. The van der Waals surface area contributed by atoms with Crippen molar-refractivity contribution in [3.8, 4) is 0 Å². The minimum absolute atomic E-state index is 0.139. The molecular weight excluding hydrogens is 144 g/mol. The molecule has 0 aromatic heterocycles. The van der Waals surface area contributed by atoms with Crippen molar-refractivity contribution < 1.29 is 17.8 Å². The molecule has 0 heterocycles. The number of hydrogen-bond donors (Lipinski definition) is 1. The van der Waals surface area contributed by atoms with E-state index in [0.29, 0.717) is 0 Å². The average molecular weight is 152 g/mol. The van der Waals surface area contributed by atoms with Crippen LogP contribution in [0.25, 0.3) is 0 Å². The predicted molar refractivity (Wildman–Crippen MR) is 31.7 cm³/mol. The topological polar surface area (TPSA) is 71.4 Å². The lowest BCUT2D eigenvalue weighted by atomic mass is 10.4. The van der Waals surface area contributed by atoms with Crippen molar-refractivity contribution in [2.24, 2.45) is 0 Å². The van der Waals surface area contributed by atoms with E-state index in [1.165, 1.54) is 6.92 Å². The van der Waals surface area contributed by atoms with Gasteiger partial charge >= 0.3 is 0 Å². The minimum atomic E-state index is -4.08. The third-order valence-electron chi connectivity index (χ3n) is 0.738. The highest BCUT2D eigenvalue weighted by atomic mass is 32.2. The average Bonchev–Trinajstić information content (AvgIpc) is 1.62. The Hall–Kier alpha value is -0.420. The van der Waals surface area contributed by atoms with Gasteiger partial charge in [-0.15, -0.1) is 0 Å². The van der Waals surface area contributed by atoms with Crippen LogP contribution in [0.15, 0.2) is 0 Å². The van der Waals surface area contributed by atoms with Crippen LogP contribution in [0, 0.1) is 0 Å². The van der Waals surface area contributed by atoms with Crippen molar-refractivity contribution in [3.63, 3.8) is 0 Å². The second-order valence-electron chi connectivity index (χ2n) is 1.62. The van der Waals surface area contributed by atoms with Crippen LogP contribution in [0.3, 0.4) is 0 Å². The van der Waals surface area contributed by atoms with Gasteiger partial charge in [-0.3, -0.25) is 9.35 Å². The monoisotopic (exact) mass is 152 g/mol. The predicted octanol–water partition coefficient (Wildman–Crippen LogP) is -0.147. The summed E-state index contributed by atoms with van der Waals surface area (Å²) in [6.45, 7) is 1.54. The van der Waals surface area contributed by atoms with E-state index in [9.17, 15) is 13.2 Å². The molecule has 0 rings (SSSR count). The summed E-state index contributed by atoms with van der Waals surface area (Å²) in [5.74, 6) is -1.23. The lowest BCUT2D eigenvalue weighted by Gasteiger charge is -1.90. The van der Waals surface area contributed by atoms with Crippen molar-refractivity contribution in [2.75, 3.05) is 5.75 Å². The van der Waals surface area contributed by atoms with Crippen LogP contribution >= 0.6 is 0 Å². The quantitative estimate of drug-likeness (QED) is 0.571. The maximum atomic E-state index is 10.3. The molecule has 0 aliphatic rings. The molecule has 0 unspecified atom stereocenters. The molecule has 0 fully saturated rings. The van der Waals surface area contributed by atoms with Crippen LogP contribution in [0.1, 0.15) is 13.3 Å². The van der Waals surface area contributed by atoms with E-state index >= 15 is 0 Å². The van der Waals surface area contributed by atoms with E-state index in [2.05, 4.69) is 0 Å². The fourth-order valence-electron chi connectivity index (χ4n) is 0.306. The summed E-state index contributed by atoms with van der Waals surface area (Å²) in [4.78, 5) is 10.3. The van der Waals surface area contributed by atoms with Gasteiger partial charge in [0.25, 0.3) is 10.1 Å². The number of hydrogen-bond acceptors (Lipinski definition) is 3. The lowest BCUT2D eigenvalue weighted by Crippen LogP contribution is -2.13. The van der Waals surface area contributed by atoms with Gasteiger partial charge in [-0.05, 0) is 0 Å². The maximum Gasteiger partial charge on any atom is 0.272 e. The second-order valence-corrected chi connectivity index (χ2v) is 3.07. The summed E-state index contributed by atoms with van der Waals surface area (Å²) in [6.07, 6.45) is 0.139. The molecule has 0 bridgehead atoms. The van der Waals surface area contributed by atoms with Crippen LogP contribution in [0.2, 0.25) is 0 Å². The molecule has 54 valence electrons. The van der Waals surface area contributed by atoms with Gasteiger partial charge in [0.05, 0.1) is 0 Å². The summed E-state index contributed by atoms with van der Waals surface area (Å²) in [6, 6.07) is 0. The summed E-state index contributed by atoms with van der Waals surface area (Å²) in [7, 11) is -4.08. The van der Waals surface area contributed by atoms with E-state index in [1.54, 1.807) is 0 Å². The van der Waals surface area contributed by atoms with Gasteiger partial charge in [0, 0.05) is 6.42 Å². The van der Waals surface area contributed by atoms with Crippen molar-refractivity contribution in [2.45, 2.75) is 13.3 Å². The van der Waals surface area contributed by atoms with Crippen LogP contribution in [-0.4, -0.2) is 24.5 Å². The first kappa shape index (κ1) is 8.58.